The lowest BCUT2D eigenvalue weighted by Crippen LogP contribution is -2.45. The van der Waals surface area contributed by atoms with E-state index in [0.29, 0.717) is 21.8 Å². The average molecular weight is 396 g/mol. The lowest BCUT2D eigenvalue weighted by molar-refractivity contribution is -0.130. The predicted molar refractivity (Wildman–Crippen MR) is 100 cm³/mol. The molecule has 2 aliphatic rings. The van der Waals surface area contributed by atoms with Gasteiger partial charge in [0.25, 0.3) is 0 Å². The zero-order valence-corrected chi connectivity index (χ0v) is 16.0. The maximum absolute atomic E-state index is 12.2. The Morgan fingerprint density at radius 3 is 2.73 bits per heavy atom. The van der Waals surface area contributed by atoms with Crippen molar-refractivity contribution in [2.75, 3.05) is 19.4 Å². The summed E-state index contributed by atoms with van der Waals surface area (Å²) in [6.07, 6.45) is 6.34. The van der Waals surface area contributed by atoms with Gasteiger partial charge in [0.2, 0.25) is 23.6 Å². The van der Waals surface area contributed by atoms with Gasteiger partial charge in [-0.2, -0.15) is 4.98 Å². The van der Waals surface area contributed by atoms with E-state index in [9.17, 15) is 9.59 Å². The molecule has 1 aliphatic heterocycles. The molecule has 3 rings (SSSR count). The lowest BCUT2D eigenvalue weighted by Gasteiger charge is -2.29. The van der Waals surface area contributed by atoms with E-state index in [0.717, 1.165) is 25.7 Å². The van der Waals surface area contributed by atoms with E-state index in [-0.39, 0.29) is 30.5 Å². The summed E-state index contributed by atoms with van der Waals surface area (Å²) >= 11 is 6.38. The third-order valence-electron chi connectivity index (χ3n) is 4.27. The van der Waals surface area contributed by atoms with Crippen LogP contribution in [0.2, 0.25) is 0 Å². The van der Waals surface area contributed by atoms with Gasteiger partial charge in [-0.25, -0.2) is 0 Å². The van der Waals surface area contributed by atoms with E-state index in [1.807, 2.05) is 0 Å². The second-order valence-electron chi connectivity index (χ2n) is 6.09. The topological polar surface area (TPSA) is 93.7 Å². The van der Waals surface area contributed by atoms with Crippen LogP contribution >= 0.6 is 24.0 Å². The van der Waals surface area contributed by atoms with E-state index in [1.54, 1.807) is 6.20 Å². The predicted octanol–water partition coefficient (Wildman–Crippen LogP) is 1.15. The van der Waals surface area contributed by atoms with Crippen molar-refractivity contribution in [2.24, 2.45) is 0 Å². The van der Waals surface area contributed by atoms with Crippen molar-refractivity contribution in [3.63, 3.8) is 0 Å². The monoisotopic (exact) mass is 396 g/mol. The number of aromatic nitrogens is 2. The molecule has 8 nitrogen and oxygen atoms in total. The van der Waals surface area contributed by atoms with Crippen molar-refractivity contribution in [3.05, 3.63) is 12.4 Å². The molecule has 1 saturated carbocycles. The first-order valence-electron chi connectivity index (χ1n) is 8.34. The SMILES string of the molecule is COc1cncc(OC2CCC(NC(=O)CN3C(=O)CSC3=S)CC2)n1. The number of methoxy groups -OCH3 is 1. The van der Waals surface area contributed by atoms with Gasteiger partial charge in [-0.3, -0.25) is 19.5 Å². The smallest absolute Gasteiger partial charge is 0.240 e. The van der Waals surface area contributed by atoms with Crippen LogP contribution in [0.5, 0.6) is 11.8 Å². The molecule has 1 aliphatic carbocycles. The van der Waals surface area contributed by atoms with Crippen LogP contribution in [0.3, 0.4) is 0 Å². The Morgan fingerprint density at radius 2 is 2.08 bits per heavy atom. The molecule has 1 aromatic heterocycles. The summed E-state index contributed by atoms with van der Waals surface area (Å²) in [6.45, 7) is 0.000491. The first-order chi connectivity index (χ1) is 12.5. The molecule has 0 atom stereocenters. The minimum Gasteiger partial charge on any atom is -0.480 e. The van der Waals surface area contributed by atoms with Crippen LogP contribution < -0.4 is 14.8 Å². The average Bonchev–Trinajstić information content (AvgIpc) is 2.95. The van der Waals surface area contributed by atoms with Crippen LogP contribution in [0.4, 0.5) is 0 Å². The van der Waals surface area contributed by atoms with Crippen LogP contribution in [0.15, 0.2) is 12.4 Å². The van der Waals surface area contributed by atoms with E-state index in [1.165, 1.54) is 30.0 Å². The molecule has 2 fully saturated rings. The molecule has 0 radical (unpaired) electrons. The molecule has 140 valence electrons. The first-order valence-corrected chi connectivity index (χ1v) is 9.73. The molecule has 10 heteroatoms. The largest absolute Gasteiger partial charge is 0.480 e. The van der Waals surface area contributed by atoms with Gasteiger partial charge in [0.1, 0.15) is 17.0 Å². The third-order valence-corrected chi connectivity index (χ3v) is 5.70. The van der Waals surface area contributed by atoms with Crippen molar-refractivity contribution in [3.8, 4) is 11.8 Å². The molecule has 0 spiro atoms. The zero-order chi connectivity index (χ0) is 18.5. The van der Waals surface area contributed by atoms with Gasteiger partial charge in [-0.1, -0.05) is 24.0 Å². The number of thiocarbonyl (C=S) groups is 1. The number of ether oxygens (including phenoxy) is 2. The fraction of sp³-hybridized carbons (Fsp3) is 0.562. The Hall–Kier alpha value is -1.94. The molecule has 0 bridgehead atoms. The summed E-state index contributed by atoms with van der Waals surface area (Å²) < 4.78 is 11.4. The summed E-state index contributed by atoms with van der Waals surface area (Å²) in [7, 11) is 1.53. The minimum atomic E-state index is -0.175. The highest BCUT2D eigenvalue weighted by atomic mass is 32.2. The van der Waals surface area contributed by atoms with Gasteiger partial charge in [0, 0.05) is 6.04 Å². The molecule has 1 aromatic rings. The maximum atomic E-state index is 12.2. The molecule has 2 amide bonds. The van der Waals surface area contributed by atoms with E-state index < -0.39 is 0 Å². The Labute approximate surface area is 161 Å². The molecular weight excluding hydrogens is 376 g/mol. The van der Waals surface area contributed by atoms with Crippen molar-refractivity contribution in [1.82, 2.24) is 20.2 Å². The van der Waals surface area contributed by atoms with E-state index >= 15 is 0 Å². The molecule has 2 heterocycles. The zero-order valence-electron chi connectivity index (χ0n) is 14.3. The molecular formula is C16H20N4O4S2. The number of hydrogen-bond acceptors (Lipinski definition) is 8. The van der Waals surface area contributed by atoms with Crippen LogP contribution in [0, 0.1) is 0 Å². The molecule has 1 N–H and O–H groups in total. The fourth-order valence-corrected chi connectivity index (χ4v) is 4.00. The third kappa shape index (κ3) is 4.82. The second-order valence-corrected chi connectivity index (χ2v) is 7.70. The van der Waals surface area contributed by atoms with Gasteiger partial charge in [0.15, 0.2) is 0 Å². The number of hydrogen-bond donors (Lipinski definition) is 1. The molecule has 1 saturated heterocycles. The Morgan fingerprint density at radius 1 is 1.35 bits per heavy atom. The van der Waals surface area contributed by atoms with E-state index in [2.05, 4.69) is 15.3 Å². The Kier molecular flexibility index (Phi) is 6.25. The highest BCUT2D eigenvalue weighted by molar-refractivity contribution is 8.23. The van der Waals surface area contributed by atoms with Gasteiger partial charge >= 0.3 is 0 Å². The van der Waals surface area contributed by atoms with Crippen LogP contribution in [0.25, 0.3) is 0 Å². The Balaban J connectivity index is 1.42. The molecule has 0 unspecified atom stereocenters. The van der Waals surface area contributed by atoms with Gasteiger partial charge in [-0.15, -0.1) is 0 Å². The molecule has 26 heavy (non-hydrogen) atoms. The number of rotatable bonds is 6. The van der Waals surface area contributed by atoms with Crippen molar-refractivity contribution in [2.45, 2.75) is 37.8 Å². The fourth-order valence-electron chi connectivity index (χ4n) is 2.93. The number of nitrogens with one attached hydrogen (secondary N) is 1. The van der Waals surface area contributed by atoms with Gasteiger partial charge in [0.05, 0.1) is 25.3 Å². The van der Waals surface area contributed by atoms with Crippen molar-refractivity contribution < 1.29 is 19.1 Å². The summed E-state index contributed by atoms with van der Waals surface area (Å²) in [5.41, 5.74) is 0. The lowest BCUT2D eigenvalue weighted by atomic mass is 9.93. The highest BCUT2D eigenvalue weighted by Crippen LogP contribution is 2.24. The quantitative estimate of drug-likeness (QED) is 0.716. The maximum Gasteiger partial charge on any atom is 0.240 e. The first kappa shape index (κ1) is 18.8. The van der Waals surface area contributed by atoms with Gasteiger partial charge < -0.3 is 14.8 Å². The van der Waals surface area contributed by atoms with E-state index in [4.69, 9.17) is 21.7 Å². The summed E-state index contributed by atoms with van der Waals surface area (Å²) in [4.78, 5) is 33.4. The highest BCUT2D eigenvalue weighted by Gasteiger charge is 2.30. The van der Waals surface area contributed by atoms with Crippen molar-refractivity contribution in [1.29, 1.82) is 0 Å². The summed E-state index contributed by atoms with van der Waals surface area (Å²) in [6, 6.07) is 0.0812. The number of carbonyl (C=O) groups is 2. The normalized spacial score (nSPS) is 23.0. The van der Waals surface area contributed by atoms with Crippen LogP contribution in [-0.4, -0.2) is 62.6 Å². The minimum absolute atomic E-state index is 0.000491. The van der Waals surface area contributed by atoms with Crippen LogP contribution in [-0.2, 0) is 9.59 Å². The van der Waals surface area contributed by atoms with Gasteiger partial charge in [-0.05, 0) is 25.7 Å². The summed E-state index contributed by atoms with van der Waals surface area (Å²) in [5.74, 6) is 0.895. The standard InChI is InChI=1S/C16H20N4O4S2/c1-23-13-6-17-7-14(19-13)24-11-4-2-10(3-5-11)18-12(21)8-20-15(22)9-26-16(20)25/h6-7,10-11H,2-5,8-9H2,1H3,(H,18,21). The molecule has 0 aromatic carbocycles. The number of carbonyl (C=O) groups excluding carboxylic acids is 2. The Bertz CT molecular complexity index is 679. The van der Waals surface area contributed by atoms with Crippen LogP contribution in [0.1, 0.15) is 25.7 Å². The number of amides is 2. The number of thioether (sulfide) groups is 1. The number of nitrogens with zero attached hydrogens (tertiary/aromatic N) is 3. The second kappa shape index (κ2) is 8.63. The summed E-state index contributed by atoms with van der Waals surface area (Å²) in [5, 5.41) is 2.98. The van der Waals surface area contributed by atoms with Crippen molar-refractivity contribution >= 4 is 40.1 Å².